The van der Waals surface area contributed by atoms with Crippen molar-refractivity contribution >= 4 is 0 Å². The molecule has 0 spiro atoms. The molecule has 0 aliphatic rings. The highest BCUT2D eigenvalue weighted by Crippen LogP contribution is 1.92. The minimum atomic E-state index is -0.109. The van der Waals surface area contributed by atoms with E-state index in [-0.39, 0.29) is 6.10 Å². The predicted molar refractivity (Wildman–Crippen MR) is 34.8 cm³/mol. The third-order valence-electron chi connectivity index (χ3n) is 1.20. The van der Waals surface area contributed by atoms with Crippen LogP contribution in [-0.4, -0.2) is 24.8 Å². The molecule has 0 saturated carbocycles. The lowest BCUT2D eigenvalue weighted by Gasteiger charge is -2.04. The van der Waals surface area contributed by atoms with Gasteiger partial charge in [0.05, 0.1) is 6.10 Å². The van der Waals surface area contributed by atoms with Crippen LogP contribution in [0.15, 0.2) is 0 Å². The van der Waals surface area contributed by atoms with E-state index in [2.05, 4.69) is 5.32 Å². The van der Waals surface area contributed by atoms with Gasteiger partial charge in [-0.1, -0.05) is 6.92 Å². The maximum atomic E-state index is 8.95. The molecule has 0 aliphatic heterocycles. The van der Waals surface area contributed by atoms with Crippen LogP contribution in [0.25, 0.3) is 0 Å². The lowest BCUT2D eigenvalue weighted by molar-refractivity contribution is 0.160. The van der Waals surface area contributed by atoms with Gasteiger partial charge in [0, 0.05) is 0 Å². The van der Waals surface area contributed by atoms with Crippen LogP contribution in [0.4, 0.5) is 0 Å². The molecular weight excluding hydrogens is 102 g/mol. The first-order valence-electron chi connectivity index (χ1n) is 3.14. The molecule has 0 bridgehead atoms. The number of hydrogen-bond donors (Lipinski definition) is 2. The summed E-state index contributed by atoms with van der Waals surface area (Å²) in [5.41, 5.74) is 0. The summed E-state index contributed by atoms with van der Waals surface area (Å²) in [6, 6.07) is 0. The van der Waals surface area contributed by atoms with Crippen molar-refractivity contribution in [3.05, 3.63) is 0 Å². The van der Waals surface area contributed by atoms with E-state index in [9.17, 15) is 0 Å². The fraction of sp³-hybridized carbons (Fsp3) is 1.00. The number of aliphatic hydroxyl groups is 1. The van der Waals surface area contributed by atoms with E-state index < -0.39 is 0 Å². The molecule has 0 fully saturated rings. The molecule has 0 amide bonds. The van der Waals surface area contributed by atoms with E-state index in [0.717, 1.165) is 19.4 Å². The van der Waals surface area contributed by atoms with Crippen molar-refractivity contribution in [3.63, 3.8) is 0 Å². The number of rotatable bonds is 4. The number of hydrogen-bond acceptors (Lipinski definition) is 2. The van der Waals surface area contributed by atoms with Crippen molar-refractivity contribution in [2.45, 2.75) is 25.9 Å². The minimum Gasteiger partial charge on any atom is -0.393 e. The van der Waals surface area contributed by atoms with Gasteiger partial charge in [0.15, 0.2) is 0 Å². The van der Waals surface area contributed by atoms with Gasteiger partial charge in [0.2, 0.25) is 0 Å². The Hall–Kier alpha value is -0.0800. The van der Waals surface area contributed by atoms with Crippen LogP contribution in [0.3, 0.4) is 0 Å². The van der Waals surface area contributed by atoms with Gasteiger partial charge in [-0.3, -0.25) is 0 Å². The van der Waals surface area contributed by atoms with Gasteiger partial charge >= 0.3 is 0 Å². The molecule has 2 heteroatoms. The summed E-state index contributed by atoms with van der Waals surface area (Å²) in [4.78, 5) is 0. The zero-order valence-electron chi connectivity index (χ0n) is 5.65. The van der Waals surface area contributed by atoms with Gasteiger partial charge in [-0.25, -0.2) is 0 Å². The standard InChI is InChI=1S/C6H15NO/c1-3-6(8)4-5-7-2/h6-8H,3-5H2,1-2H3. The van der Waals surface area contributed by atoms with Crippen molar-refractivity contribution in [3.8, 4) is 0 Å². The van der Waals surface area contributed by atoms with Crippen LogP contribution < -0.4 is 5.32 Å². The Kier molecular flexibility index (Phi) is 5.01. The Morgan fingerprint density at radius 1 is 1.62 bits per heavy atom. The second-order valence-electron chi connectivity index (χ2n) is 1.95. The van der Waals surface area contributed by atoms with Gasteiger partial charge in [-0.15, -0.1) is 0 Å². The number of nitrogens with one attached hydrogen (secondary N) is 1. The van der Waals surface area contributed by atoms with Crippen LogP contribution in [0.2, 0.25) is 0 Å². The molecule has 0 aliphatic carbocycles. The first-order chi connectivity index (χ1) is 3.81. The van der Waals surface area contributed by atoms with E-state index in [1.54, 1.807) is 0 Å². The first-order valence-corrected chi connectivity index (χ1v) is 3.14. The van der Waals surface area contributed by atoms with Crippen molar-refractivity contribution < 1.29 is 5.11 Å². The maximum absolute atomic E-state index is 8.95. The SMILES string of the molecule is CCC(O)CCNC. The molecule has 50 valence electrons. The van der Waals surface area contributed by atoms with Crippen LogP contribution in [0.1, 0.15) is 19.8 Å². The topological polar surface area (TPSA) is 32.3 Å². The van der Waals surface area contributed by atoms with E-state index >= 15 is 0 Å². The van der Waals surface area contributed by atoms with Gasteiger partial charge in [-0.2, -0.15) is 0 Å². The molecule has 0 saturated heterocycles. The molecule has 0 heterocycles. The average Bonchev–Trinajstić information content (AvgIpc) is 1.83. The minimum absolute atomic E-state index is 0.109. The van der Waals surface area contributed by atoms with Crippen molar-refractivity contribution in [2.75, 3.05) is 13.6 Å². The second kappa shape index (κ2) is 5.06. The highest BCUT2D eigenvalue weighted by Gasteiger charge is 1.96. The van der Waals surface area contributed by atoms with Crippen molar-refractivity contribution in [1.29, 1.82) is 0 Å². The zero-order valence-corrected chi connectivity index (χ0v) is 5.65. The molecule has 2 nitrogen and oxygen atoms in total. The third kappa shape index (κ3) is 4.09. The summed E-state index contributed by atoms with van der Waals surface area (Å²) in [7, 11) is 1.89. The molecule has 0 radical (unpaired) electrons. The fourth-order valence-corrected chi connectivity index (χ4v) is 0.515. The molecule has 0 rings (SSSR count). The molecule has 1 atom stereocenters. The van der Waals surface area contributed by atoms with E-state index in [1.807, 2.05) is 14.0 Å². The van der Waals surface area contributed by atoms with Gasteiger partial charge < -0.3 is 10.4 Å². The number of aliphatic hydroxyl groups excluding tert-OH is 1. The highest BCUT2D eigenvalue weighted by molar-refractivity contribution is 4.52. The van der Waals surface area contributed by atoms with E-state index in [0.29, 0.717) is 0 Å². The molecule has 0 aromatic rings. The normalized spacial score (nSPS) is 13.9. The van der Waals surface area contributed by atoms with E-state index in [4.69, 9.17) is 5.11 Å². The summed E-state index contributed by atoms with van der Waals surface area (Å²) in [6.07, 6.45) is 1.62. The summed E-state index contributed by atoms with van der Waals surface area (Å²) in [6.45, 7) is 2.90. The molecule has 1 unspecified atom stereocenters. The van der Waals surface area contributed by atoms with Gasteiger partial charge in [0.25, 0.3) is 0 Å². The predicted octanol–water partition coefficient (Wildman–Crippen LogP) is 0.367. The average molecular weight is 117 g/mol. The van der Waals surface area contributed by atoms with E-state index in [1.165, 1.54) is 0 Å². The molecule has 0 aromatic carbocycles. The van der Waals surface area contributed by atoms with Crippen LogP contribution in [0, 0.1) is 0 Å². The maximum Gasteiger partial charge on any atom is 0.0549 e. The largest absolute Gasteiger partial charge is 0.393 e. The van der Waals surface area contributed by atoms with Crippen molar-refractivity contribution in [1.82, 2.24) is 5.32 Å². The fourth-order valence-electron chi connectivity index (χ4n) is 0.515. The second-order valence-corrected chi connectivity index (χ2v) is 1.95. The third-order valence-corrected chi connectivity index (χ3v) is 1.20. The molecular formula is C6H15NO. The van der Waals surface area contributed by atoms with Gasteiger partial charge in [0.1, 0.15) is 0 Å². The zero-order chi connectivity index (χ0) is 6.41. The van der Waals surface area contributed by atoms with Crippen LogP contribution >= 0.6 is 0 Å². The molecule has 8 heavy (non-hydrogen) atoms. The lowest BCUT2D eigenvalue weighted by atomic mass is 10.2. The summed E-state index contributed by atoms with van der Waals surface area (Å²) in [5.74, 6) is 0. The van der Waals surface area contributed by atoms with Crippen LogP contribution in [-0.2, 0) is 0 Å². The van der Waals surface area contributed by atoms with Crippen LogP contribution in [0.5, 0.6) is 0 Å². The Morgan fingerprint density at radius 3 is 2.62 bits per heavy atom. The molecule has 0 aromatic heterocycles. The Balaban J connectivity index is 2.86. The summed E-state index contributed by atoms with van der Waals surface area (Å²) < 4.78 is 0. The monoisotopic (exact) mass is 117 g/mol. The lowest BCUT2D eigenvalue weighted by Crippen LogP contribution is -2.15. The quantitative estimate of drug-likeness (QED) is 0.557. The summed E-state index contributed by atoms with van der Waals surface area (Å²) >= 11 is 0. The van der Waals surface area contributed by atoms with Gasteiger partial charge in [-0.05, 0) is 26.4 Å². The first kappa shape index (κ1) is 7.92. The Bertz CT molecular complexity index is 47.8. The molecule has 2 N–H and O–H groups in total. The Morgan fingerprint density at radius 2 is 2.25 bits per heavy atom. The Labute approximate surface area is 50.9 Å². The summed E-state index contributed by atoms with van der Waals surface area (Å²) in [5, 5.41) is 11.9. The smallest absolute Gasteiger partial charge is 0.0549 e. The highest BCUT2D eigenvalue weighted by atomic mass is 16.3. The van der Waals surface area contributed by atoms with Crippen molar-refractivity contribution in [2.24, 2.45) is 0 Å².